The molecule has 0 saturated heterocycles. The van der Waals surface area contributed by atoms with E-state index in [0.717, 1.165) is 39.4 Å². The van der Waals surface area contributed by atoms with Crippen molar-refractivity contribution in [3.05, 3.63) is 106 Å². The minimum atomic E-state index is -1.08. The van der Waals surface area contributed by atoms with Crippen molar-refractivity contribution >= 4 is 46.3 Å². The van der Waals surface area contributed by atoms with Gasteiger partial charge in [-0.2, -0.15) is 5.26 Å². The van der Waals surface area contributed by atoms with Crippen LogP contribution in [0.25, 0.3) is 28.4 Å². The minimum absolute atomic E-state index is 0.0805. The van der Waals surface area contributed by atoms with E-state index in [1.165, 1.54) is 0 Å². The molecular weight excluding hydrogens is 494 g/mol. The second kappa shape index (κ2) is 10.1. The molecule has 5 rings (SSSR count). The summed E-state index contributed by atoms with van der Waals surface area (Å²) in [5, 5.41) is 28.2. The van der Waals surface area contributed by atoms with E-state index in [-0.39, 0.29) is 4.91 Å². The number of halogens is 1. The highest BCUT2D eigenvalue weighted by atomic mass is 35.5. The van der Waals surface area contributed by atoms with Gasteiger partial charge in [0.2, 0.25) is 5.16 Å². The number of nitrogens with zero attached hydrogens (tertiary/aromatic N) is 4. The van der Waals surface area contributed by atoms with Crippen molar-refractivity contribution in [2.75, 3.05) is 0 Å². The van der Waals surface area contributed by atoms with E-state index in [1.807, 2.05) is 65.4 Å². The summed E-state index contributed by atoms with van der Waals surface area (Å²) < 4.78 is 2.02. The number of aromatic amines is 1. The van der Waals surface area contributed by atoms with E-state index in [4.69, 9.17) is 11.6 Å². The summed E-state index contributed by atoms with van der Waals surface area (Å²) >= 11 is 6.92. The third-order valence-electron chi connectivity index (χ3n) is 5.58. The van der Waals surface area contributed by atoms with Crippen LogP contribution in [0.4, 0.5) is 0 Å². The van der Waals surface area contributed by atoms with Gasteiger partial charge in [0.1, 0.15) is 4.91 Å². The van der Waals surface area contributed by atoms with Gasteiger partial charge in [-0.3, -0.25) is 5.10 Å². The van der Waals surface area contributed by atoms with E-state index in [9.17, 15) is 15.2 Å². The molecule has 9 heteroatoms. The smallest absolute Gasteiger partial charge is 0.342 e. The number of benzene rings is 3. The molecule has 0 spiro atoms. The summed E-state index contributed by atoms with van der Waals surface area (Å²) in [4.78, 5) is 16.6. The van der Waals surface area contributed by atoms with Crippen molar-refractivity contribution in [1.82, 2.24) is 19.7 Å². The Labute approximate surface area is 215 Å². The average Bonchev–Trinajstić information content (AvgIpc) is 3.49. The molecule has 0 aliphatic carbocycles. The van der Waals surface area contributed by atoms with Crippen molar-refractivity contribution in [3.8, 4) is 17.5 Å². The summed E-state index contributed by atoms with van der Waals surface area (Å²) in [6.07, 6.45) is 3.53. The van der Waals surface area contributed by atoms with Gasteiger partial charge in [-0.1, -0.05) is 48.0 Å². The zero-order valence-corrected chi connectivity index (χ0v) is 20.3. The average molecular weight is 512 g/mol. The predicted octanol–water partition coefficient (Wildman–Crippen LogP) is 6.22. The molecular formula is C27H18ClN5O2S. The number of carbonyl (C=O) groups is 1. The zero-order chi connectivity index (χ0) is 25.1. The molecule has 0 saturated carbocycles. The number of para-hydroxylation sites is 1. The number of nitriles is 1. The van der Waals surface area contributed by atoms with E-state index in [2.05, 4.69) is 21.3 Å². The van der Waals surface area contributed by atoms with Gasteiger partial charge in [-0.05, 0) is 59.8 Å². The highest BCUT2D eigenvalue weighted by molar-refractivity contribution is 8.04. The van der Waals surface area contributed by atoms with Gasteiger partial charge in [-0.15, -0.1) is 5.10 Å². The van der Waals surface area contributed by atoms with E-state index in [0.29, 0.717) is 28.1 Å². The minimum Gasteiger partial charge on any atom is -0.477 e. The summed E-state index contributed by atoms with van der Waals surface area (Å²) in [5.41, 5.74) is 3.97. The number of nitrogens with one attached hydrogen (secondary N) is 1. The van der Waals surface area contributed by atoms with Crippen LogP contribution in [0.1, 0.15) is 16.7 Å². The van der Waals surface area contributed by atoms with E-state index in [1.54, 1.807) is 24.3 Å². The van der Waals surface area contributed by atoms with Crippen LogP contribution in [0, 0.1) is 11.3 Å². The molecule has 2 heterocycles. The lowest BCUT2D eigenvalue weighted by Crippen LogP contribution is -2.00. The summed E-state index contributed by atoms with van der Waals surface area (Å²) in [6, 6.07) is 24.6. The van der Waals surface area contributed by atoms with Gasteiger partial charge in [0.05, 0.1) is 11.6 Å². The number of fused-ring (bicyclic) bond motifs is 1. The van der Waals surface area contributed by atoms with Gasteiger partial charge in [-0.25, -0.2) is 9.78 Å². The molecule has 7 nitrogen and oxygen atoms in total. The number of hydrogen-bond donors (Lipinski definition) is 2. The second-order valence-corrected chi connectivity index (χ2v) is 9.33. The molecule has 176 valence electrons. The van der Waals surface area contributed by atoms with Crippen LogP contribution in [0.15, 0.2) is 89.1 Å². The van der Waals surface area contributed by atoms with Crippen LogP contribution in [0.5, 0.6) is 0 Å². The third-order valence-corrected chi connectivity index (χ3v) is 6.71. The lowest BCUT2D eigenvalue weighted by Gasteiger charge is -2.07. The number of aromatic nitrogens is 4. The molecule has 0 unspecified atom stereocenters. The number of rotatable bonds is 7. The van der Waals surface area contributed by atoms with E-state index >= 15 is 0 Å². The van der Waals surface area contributed by atoms with Crippen LogP contribution >= 0.6 is 23.4 Å². The fraction of sp³-hybridized carbons (Fsp3) is 0.0370. The second-order valence-electron chi connectivity index (χ2n) is 7.89. The van der Waals surface area contributed by atoms with Crippen molar-refractivity contribution < 1.29 is 9.90 Å². The molecule has 0 fully saturated rings. The van der Waals surface area contributed by atoms with Crippen LogP contribution in [0.2, 0.25) is 5.02 Å². The maximum absolute atomic E-state index is 12.1. The molecule has 2 N–H and O–H groups in total. The SMILES string of the molecule is N#Cc1ccccc1Cn1cc(/C=C(\Sc2n[nH]c(-c3ccc(Cl)cc3)n2)C(=O)O)c2ccccc21. The number of carboxylic acid groups (broad SMARTS) is 1. The molecule has 0 aliphatic rings. The van der Waals surface area contributed by atoms with Crippen LogP contribution in [-0.4, -0.2) is 30.8 Å². The molecule has 0 aliphatic heterocycles. The first-order chi connectivity index (χ1) is 17.5. The Balaban J connectivity index is 1.48. The first kappa shape index (κ1) is 23.4. The summed E-state index contributed by atoms with van der Waals surface area (Å²) in [6.45, 7) is 0.485. The standard InChI is InChI=1S/C27H18ClN5O2S/c28-21-11-9-17(10-12-21)25-30-27(32-31-25)36-24(26(34)35)13-20-16-33(23-8-4-3-7-22(20)23)15-19-6-2-1-5-18(19)14-29/h1-13,16H,15H2,(H,34,35)(H,30,31,32)/b24-13-. The Morgan fingerprint density at radius 3 is 2.64 bits per heavy atom. The van der Waals surface area contributed by atoms with Gasteiger partial charge >= 0.3 is 5.97 Å². The number of hydrogen-bond acceptors (Lipinski definition) is 5. The highest BCUT2D eigenvalue weighted by Crippen LogP contribution is 2.31. The van der Waals surface area contributed by atoms with Crippen LogP contribution in [-0.2, 0) is 11.3 Å². The van der Waals surface area contributed by atoms with Gasteiger partial charge in [0.15, 0.2) is 5.82 Å². The maximum atomic E-state index is 12.1. The van der Waals surface area contributed by atoms with Gasteiger partial charge in [0.25, 0.3) is 0 Å². The van der Waals surface area contributed by atoms with Crippen LogP contribution in [0.3, 0.4) is 0 Å². The predicted molar refractivity (Wildman–Crippen MR) is 140 cm³/mol. The van der Waals surface area contributed by atoms with Crippen molar-refractivity contribution in [2.24, 2.45) is 0 Å². The van der Waals surface area contributed by atoms with Gasteiger partial charge < -0.3 is 9.67 Å². The lowest BCUT2D eigenvalue weighted by molar-refractivity contribution is -0.131. The normalized spacial score (nSPS) is 11.5. The Hall–Kier alpha value is -4.32. The summed E-state index contributed by atoms with van der Waals surface area (Å²) in [7, 11) is 0. The Morgan fingerprint density at radius 2 is 1.86 bits per heavy atom. The van der Waals surface area contributed by atoms with E-state index < -0.39 is 5.97 Å². The van der Waals surface area contributed by atoms with Gasteiger partial charge in [0, 0.05) is 39.8 Å². The Morgan fingerprint density at radius 1 is 1.11 bits per heavy atom. The Kier molecular flexibility index (Phi) is 6.58. The molecule has 5 aromatic rings. The van der Waals surface area contributed by atoms with Crippen molar-refractivity contribution in [1.29, 1.82) is 5.26 Å². The first-order valence-corrected chi connectivity index (χ1v) is 12.1. The molecule has 3 aromatic carbocycles. The largest absolute Gasteiger partial charge is 0.477 e. The molecule has 0 radical (unpaired) electrons. The molecule has 0 amide bonds. The molecule has 36 heavy (non-hydrogen) atoms. The number of thioether (sulfide) groups is 1. The lowest BCUT2D eigenvalue weighted by atomic mass is 10.1. The van der Waals surface area contributed by atoms with Crippen molar-refractivity contribution in [2.45, 2.75) is 11.7 Å². The number of H-pyrrole nitrogens is 1. The molecule has 0 bridgehead atoms. The fourth-order valence-corrected chi connectivity index (χ4v) is 4.70. The summed E-state index contributed by atoms with van der Waals surface area (Å²) in [5.74, 6) is -0.559. The highest BCUT2D eigenvalue weighted by Gasteiger charge is 2.17. The monoisotopic (exact) mass is 511 g/mol. The number of carboxylic acids is 1. The molecule has 0 atom stereocenters. The van der Waals surface area contributed by atoms with Crippen LogP contribution < -0.4 is 0 Å². The Bertz CT molecular complexity index is 1650. The van der Waals surface area contributed by atoms with Crippen molar-refractivity contribution in [3.63, 3.8) is 0 Å². The molecule has 2 aromatic heterocycles. The maximum Gasteiger partial charge on any atom is 0.342 e. The topological polar surface area (TPSA) is 108 Å². The number of aliphatic carboxylic acids is 1. The zero-order valence-electron chi connectivity index (χ0n) is 18.7. The first-order valence-electron chi connectivity index (χ1n) is 10.9. The quantitative estimate of drug-likeness (QED) is 0.198. The third kappa shape index (κ3) is 4.89. The fourth-order valence-electron chi connectivity index (χ4n) is 3.88.